The monoisotopic (exact) mass is 430 g/mol. The fraction of sp³-hybridized carbons (Fsp3) is 0.448. The van der Waals surface area contributed by atoms with Gasteiger partial charge in [-0.2, -0.15) is 0 Å². The molecule has 0 bridgehead atoms. The summed E-state index contributed by atoms with van der Waals surface area (Å²) in [5, 5.41) is 1.74. The van der Waals surface area contributed by atoms with Gasteiger partial charge in [0.1, 0.15) is 5.52 Å². The maximum Gasteiger partial charge on any atom is 0.198 e. The number of hydrogen-bond acceptors (Lipinski definition) is 3. The first-order valence-corrected chi connectivity index (χ1v) is 11.9. The Morgan fingerprint density at radius 2 is 1.81 bits per heavy atom. The van der Waals surface area contributed by atoms with Crippen LogP contribution in [0.5, 0.6) is 0 Å². The van der Waals surface area contributed by atoms with Gasteiger partial charge in [0.2, 0.25) is 0 Å². The summed E-state index contributed by atoms with van der Waals surface area (Å²) < 4.78 is 53.8. The van der Waals surface area contributed by atoms with Crippen molar-refractivity contribution in [2.75, 3.05) is 0 Å². The summed E-state index contributed by atoms with van der Waals surface area (Å²) in [6.07, 6.45) is 12.6. The Morgan fingerprint density at radius 1 is 0.969 bits per heavy atom. The lowest BCUT2D eigenvalue weighted by Crippen LogP contribution is -2.29. The van der Waals surface area contributed by atoms with E-state index in [4.69, 9.17) is 17.6 Å². The molecule has 32 heavy (non-hydrogen) atoms. The Balaban J connectivity index is 1.42. The molecule has 2 aliphatic carbocycles. The minimum Gasteiger partial charge on any atom is -0.440 e. The van der Waals surface area contributed by atoms with E-state index in [-0.39, 0.29) is 11.1 Å². The van der Waals surface area contributed by atoms with E-state index in [2.05, 4.69) is 4.98 Å². The van der Waals surface area contributed by atoms with Crippen LogP contribution in [0.25, 0.3) is 33.1 Å². The molecule has 2 heterocycles. The number of hydrogen-bond donors (Lipinski definition) is 0. The molecule has 3 nitrogen and oxygen atoms in total. The fourth-order valence-electron chi connectivity index (χ4n) is 6.04. The van der Waals surface area contributed by atoms with Crippen LogP contribution in [0.4, 0.5) is 0 Å². The zero-order valence-electron chi connectivity index (χ0n) is 24.3. The Morgan fingerprint density at radius 3 is 2.62 bits per heavy atom. The summed E-state index contributed by atoms with van der Waals surface area (Å²) in [7, 11) is 0. The molecular weight excluding hydrogens is 392 g/mol. The van der Waals surface area contributed by atoms with E-state index in [0.29, 0.717) is 28.2 Å². The summed E-state index contributed by atoms with van der Waals surface area (Å²) in [5.74, 6) is 1.08. The Hall–Kier alpha value is -2.68. The van der Waals surface area contributed by atoms with Crippen LogP contribution in [-0.2, 0) is 0 Å². The number of pyridine rings is 1. The second kappa shape index (κ2) is 7.72. The lowest BCUT2D eigenvalue weighted by atomic mass is 9.63. The predicted octanol–water partition coefficient (Wildman–Crippen LogP) is 8.27. The Labute approximate surface area is 198 Å². The van der Waals surface area contributed by atoms with Crippen LogP contribution in [0.15, 0.2) is 47.0 Å². The molecule has 2 saturated carbocycles. The number of fused-ring (bicyclic) bond motifs is 3. The van der Waals surface area contributed by atoms with Crippen LogP contribution < -0.4 is 0 Å². The molecule has 0 saturated heterocycles. The molecule has 0 amide bonds. The van der Waals surface area contributed by atoms with Gasteiger partial charge >= 0.3 is 0 Å². The molecule has 6 rings (SSSR count). The van der Waals surface area contributed by atoms with Gasteiger partial charge in [0.15, 0.2) is 11.5 Å². The number of oxazole rings is 1. The van der Waals surface area contributed by atoms with Gasteiger partial charge in [-0.15, -0.1) is 0 Å². The molecule has 2 aromatic carbocycles. The van der Waals surface area contributed by atoms with E-state index in [9.17, 15) is 0 Å². The quantitative estimate of drug-likeness (QED) is 0.321. The second-order valence-electron chi connectivity index (χ2n) is 9.82. The van der Waals surface area contributed by atoms with Gasteiger partial charge in [0, 0.05) is 31.3 Å². The molecule has 2 fully saturated rings. The summed E-state index contributed by atoms with van der Waals surface area (Å²) in [6.45, 7) is -5.16. The van der Waals surface area contributed by atoms with Gasteiger partial charge in [0.05, 0.1) is 5.69 Å². The Bertz CT molecular complexity index is 1490. The molecule has 164 valence electrons. The highest BCUT2D eigenvalue weighted by molar-refractivity contribution is 6.10. The van der Waals surface area contributed by atoms with Crippen LogP contribution in [0.1, 0.15) is 88.9 Å². The van der Waals surface area contributed by atoms with Crippen LogP contribution in [0.3, 0.4) is 0 Å². The van der Waals surface area contributed by atoms with E-state index in [0.717, 1.165) is 35.0 Å². The summed E-state index contributed by atoms with van der Waals surface area (Å²) in [6, 6.07) is 11.1. The molecule has 4 aromatic rings. The SMILES string of the molecule is [2H]C([2H])([2H])c1cnc(-c2cccc3ccc4nc(C5CCC6(CCCCC6)CC5)oc4c23)cc1C([2H])([2H])[2H]. The highest BCUT2D eigenvalue weighted by atomic mass is 16.3. The summed E-state index contributed by atoms with van der Waals surface area (Å²) >= 11 is 0. The third-order valence-electron chi connectivity index (χ3n) is 7.90. The zero-order valence-corrected chi connectivity index (χ0v) is 18.3. The van der Waals surface area contributed by atoms with Crippen LogP contribution in [-0.4, -0.2) is 9.97 Å². The molecule has 0 atom stereocenters. The van der Waals surface area contributed by atoms with Crippen LogP contribution in [0.2, 0.25) is 0 Å². The van der Waals surface area contributed by atoms with E-state index in [1.807, 2.05) is 30.3 Å². The number of benzene rings is 2. The average Bonchev–Trinajstić information content (AvgIpc) is 3.32. The van der Waals surface area contributed by atoms with Crippen molar-refractivity contribution in [1.82, 2.24) is 9.97 Å². The minimum absolute atomic E-state index is 0.205. The van der Waals surface area contributed by atoms with Gasteiger partial charge in [-0.3, -0.25) is 4.98 Å². The lowest BCUT2D eigenvalue weighted by Gasteiger charge is -2.42. The highest BCUT2D eigenvalue weighted by Crippen LogP contribution is 2.51. The summed E-state index contributed by atoms with van der Waals surface area (Å²) in [4.78, 5) is 9.33. The van der Waals surface area contributed by atoms with Crippen molar-refractivity contribution in [3.05, 3.63) is 59.6 Å². The van der Waals surface area contributed by atoms with Gasteiger partial charge in [-0.25, -0.2) is 4.98 Å². The van der Waals surface area contributed by atoms with Crippen molar-refractivity contribution in [3.8, 4) is 11.3 Å². The van der Waals surface area contributed by atoms with Gasteiger partial charge < -0.3 is 4.42 Å². The third-order valence-corrected chi connectivity index (χ3v) is 7.90. The standard InChI is InChI=1S/C29H32N2O/c1-19-17-25(30-18-20(19)2)23-8-6-7-21-9-10-24-27(26(21)23)32-28(31-24)22-11-15-29(16-12-22)13-4-3-5-14-29/h6-10,17-18,22H,3-5,11-16H2,1-2H3/i1D3,2D3. The van der Waals surface area contributed by atoms with Crippen molar-refractivity contribution >= 4 is 21.9 Å². The number of nitrogens with zero attached hydrogens (tertiary/aromatic N) is 2. The highest BCUT2D eigenvalue weighted by Gasteiger charge is 2.37. The maximum atomic E-state index is 7.96. The van der Waals surface area contributed by atoms with Crippen LogP contribution in [0, 0.1) is 19.1 Å². The topological polar surface area (TPSA) is 38.9 Å². The smallest absolute Gasteiger partial charge is 0.198 e. The molecule has 0 aliphatic heterocycles. The zero-order chi connectivity index (χ0) is 26.7. The molecule has 0 unspecified atom stereocenters. The van der Waals surface area contributed by atoms with Gasteiger partial charge in [-0.05, 0) is 86.3 Å². The van der Waals surface area contributed by atoms with E-state index in [1.54, 1.807) is 0 Å². The van der Waals surface area contributed by atoms with Gasteiger partial charge in [-0.1, -0.05) is 43.5 Å². The van der Waals surface area contributed by atoms with Crippen molar-refractivity contribution in [2.24, 2.45) is 5.41 Å². The van der Waals surface area contributed by atoms with E-state index < -0.39 is 13.7 Å². The first kappa shape index (κ1) is 14.5. The first-order chi connectivity index (χ1) is 18.0. The van der Waals surface area contributed by atoms with Crippen molar-refractivity contribution in [1.29, 1.82) is 0 Å². The number of aryl methyl sites for hydroxylation is 2. The molecule has 2 aliphatic rings. The maximum absolute atomic E-state index is 7.96. The fourth-order valence-corrected chi connectivity index (χ4v) is 6.04. The first-order valence-electron chi connectivity index (χ1n) is 14.9. The largest absolute Gasteiger partial charge is 0.440 e. The van der Waals surface area contributed by atoms with Crippen LogP contribution >= 0.6 is 0 Å². The number of rotatable bonds is 2. The minimum atomic E-state index is -2.59. The predicted molar refractivity (Wildman–Crippen MR) is 131 cm³/mol. The number of aromatic nitrogens is 2. The molecule has 0 N–H and O–H groups in total. The van der Waals surface area contributed by atoms with E-state index >= 15 is 0 Å². The van der Waals surface area contributed by atoms with Gasteiger partial charge in [0.25, 0.3) is 0 Å². The average molecular weight is 431 g/mol. The van der Waals surface area contributed by atoms with Crippen molar-refractivity contribution < 1.29 is 12.6 Å². The molecule has 1 spiro atoms. The molecule has 2 aromatic heterocycles. The Kier molecular flexibility index (Phi) is 3.49. The normalized spacial score (nSPS) is 22.8. The molecule has 0 radical (unpaired) electrons. The van der Waals surface area contributed by atoms with E-state index in [1.165, 1.54) is 57.2 Å². The summed E-state index contributed by atoms with van der Waals surface area (Å²) in [5.41, 5.74) is 2.61. The second-order valence-corrected chi connectivity index (χ2v) is 9.82. The van der Waals surface area contributed by atoms with Crippen molar-refractivity contribution in [3.63, 3.8) is 0 Å². The lowest BCUT2D eigenvalue weighted by molar-refractivity contribution is 0.109. The molecular formula is C29H32N2O. The third kappa shape index (κ3) is 3.34. The van der Waals surface area contributed by atoms with Crippen molar-refractivity contribution in [2.45, 2.75) is 77.4 Å². The molecule has 3 heteroatoms.